The average Bonchev–Trinajstić information content (AvgIpc) is 3.45. The van der Waals surface area contributed by atoms with Gasteiger partial charge >= 0.3 is 14.2 Å². The Kier molecular flexibility index (Phi) is 9.87. The molecule has 0 bridgehead atoms. The van der Waals surface area contributed by atoms with Crippen molar-refractivity contribution < 1.29 is 23.4 Å². The first kappa shape index (κ1) is 22.7. The van der Waals surface area contributed by atoms with E-state index in [9.17, 15) is 0 Å². The Bertz CT molecular complexity index is 601. The molecule has 2 heterocycles. The van der Waals surface area contributed by atoms with Crippen molar-refractivity contribution in [3.63, 3.8) is 0 Å². The van der Waals surface area contributed by atoms with Crippen LogP contribution in [0.1, 0.15) is 70.8 Å². The van der Waals surface area contributed by atoms with Crippen molar-refractivity contribution in [2.45, 2.75) is 71.6 Å². The highest BCUT2D eigenvalue weighted by Gasteiger charge is 2.34. The van der Waals surface area contributed by atoms with Crippen LogP contribution in [0.3, 0.4) is 0 Å². The second-order valence-corrected chi connectivity index (χ2v) is 7.96. The summed E-state index contributed by atoms with van der Waals surface area (Å²) in [5.74, 6) is 0.847. The van der Waals surface area contributed by atoms with Gasteiger partial charge in [-0.2, -0.15) is 0 Å². The predicted molar refractivity (Wildman–Crippen MR) is 119 cm³/mol. The number of hydrogen-bond acceptors (Lipinski definition) is 5. The summed E-state index contributed by atoms with van der Waals surface area (Å²) in [5.41, 5.74) is 3.37. The third-order valence-electron chi connectivity index (χ3n) is 5.58. The molecular weight excluding hydrogens is 366 g/mol. The van der Waals surface area contributed by atoms with Crippen LogP contribution >= 0.6 is 0 Å². The molecule has 5 nitrogen and oxygen atoms in total. The Hall–Kier alpha value is -1.01. The molecule has 2 aliphatic heterocycles. The average molecular weight is 402 g/mol. The van der Waals surface area contributed by atoms with E-state index in [0.29, 0.717) is 33.0 Å². The summed E-state index contributed by atoms with van der Waals surface area (Å²) in [5, 5.41) is 0. The fraction of sp³-hybridized carbons (Fsp3) is 0.727. The molecule has 29 heavy (non-hydrogen) atoms. The van der Waals surface area contributed by atoms with Gasteiger partial charge in [0.2, 0.25) is 0 Å². The lowest BCUT2D eigenvalue weighted by molar-refractivity contribution is 0.305. The van der Waals surface area contributed by atoms with Gasteiger partial charge in [-0.3, -0.25) is 0 Å². The van der Waals surface area contributed by atoms with Gasteiger partial charge < -0.3 is 23.4 Å². The van der Waals surface area contributed by atoms with Crippen LogP contribution in [0.4, 0.5) is 0 Å². The molecule has 0 radical (unpaired) electrons. The standard InChI is InChI=1S/C22H36B2O5/c1-3-5-7-9-11-19-17-21(24-28-15-16-29-24)22(25-12-10-8-6-4-2)18-20(19)23-26-13-14-27-23/h17-18H,3-16H2,1-2H3. The SMILES string of the molecule is CCCCCCOc1cc(B2OCCO2)c(CCCCCC)cc1B1OCCO1. The van der Waals surface area contributed by atoms with Crippen molar-refractivity contribution in [3.05, 3.63) is 17.7 Å². The number of unbranched alkanes of at least 4 members (excludes halogenated alkanes) is 6. The van der Waals surface area contributed by atoms with Crippen molar-refractivity contribution in [2.75, 3.05) is 33.0 Å². The molecule has 0 spiro atoms. The van der Waals surface area contributed by atoms with Gasteiger partial charge in [0.1, 0.15) is 5.75 Å². The lowest BCUT2D eigenvalue weighted by Crippen LogP contribution is -2.40. The van der Waals surface area contributed by atoms with Crippen LogP contribution in [0.25, 0.3) is 0 Å². The summed E-state index contributed by atoms with van der Waals surface area (Å²) in [6, 6.07) is 4.33. The second-order valence-electron chi connectivity index (χ2n) is 7.96. The largest absolute Gasteiger partial charge is 0.497 e. The molecule has 1 aromatic rings. The van der Waals surface area contributed by atoms with E-state index in [1.165, 1.54) is 44.1 Å². The molecule has 160 valence electrons. The molecule has 0 amide bonds. The van der Waals surface area contributed by atoms with Gasteiger partial charge in [-0.15, -0.1) is 0 Å². The van der Waals surface area contributed by atoms with Gasteiger partial charge in [0.25, 0.3) is 0 Å². The molecule has 7 heteroatoms. The number of rotatable bonds is 13. The Balaban J connectivity index is 1.80. The molecule has 3 rings (SSSR count). The molecule has 1 aromatic carbocycles. The highest BCUT2D eigenvalue weighted by Crippen LogP contribution is 2.18. The first-order valence-corrected chi connectivity index (χ1v) is 11.6. The van der Waals surface area contributed by atoms with Crippen LogP contribution in [-0.4, -0.2) is 47.3 Å². The summed E-state index contributed by atoms with van der Waals surface area (Å²) in [7, 11) is -0.632. The van der Waals surface area contributed by atoms with Crippen LogP contribution in [0.2, 0.25) is 0 Å². The van der Waals surface area contributed by atoms with Crippen LogP contribution in [0.5, 0.6) is 5.75 Å². The number of ether oxygens (including phenoxy) is 1. The van der Waals surface area contributed by atoms with E-state index in [1.54, 1.807) is 0 Å². The molecule has 0 saturated carbocycles. The summed E-state index contributed by atoms with van der Waals surface area (Å²) in [6.45, 7) is 7.72. The van der Waals surface area contributed by atoms with E-state index in [4.69, 9.17) is 23.4 Å². The van der Waals surface area contributed by atoms with E-state index in [2.05, 4.69) is 26.0 Å². The van der Waals surface area contributed by atoms with Gasteiger partial charge in [0.05, 0.1) is 33.0 Å². The molecule has 0 N–H and O–H groups in total. The van der Waals surface area contributed by atoms with Crippen molar-refractivity contribution in [1.29, 1.82) is 0 Å². The van der Waals surface area contributed by atoms with Crippen LogP contribution in [-0.2, 0) is 25.0 Å². The second kappa shape index (κ2) is 12.6. The van der Waals surface area contributed by atoms with E-state index in [-0.39, 0.29) is 14.2 Å². The number of hydrogen-bond donors (Lipinski definition) is 0. The molecular formula is C22H36B2O5. The lowest BCUT2D eigenvalue weighted by Gasteiger charge is -2.19. The van der Waals surface area contributed by atoms with Gasteiger partial charge in [0, 0.05) is 5.46 Å². The smallest absolute Gasteiger partial charge is 0.494 e. The van der Waals surface area contributed by atoms with Crippen molar-refractivity contribution in [1.82, 2.24) is 0 Å². The summed E-state index contributed by atoms with van der Waals surface area (Å²) in [6.07, 6.45) is 10.6. The third kappa shape index (κ3) is 6.74. The number of benzene rings is 1. The lowest BCUT2D eigenvalue weighted by atomic mass is 9.70. The van der Waals surface area contributed by atoms with Crippen molar-refractivity contribution in [2.24, 2.45) is 0 Å². The van der Waals surface area contributed by atoms with Crippen LogP contribution in [0.15, 0.2) is 12.1 Å². The van der Waals surface area contributed by atoms with Crippen LogP contribution in [0, 0.1) is 0 Å². The van der Waals surface area contributed by atoms with Gasteiger partial charge in [-0.05, 0) is 36.4 Å². The van der Waals surface area contributed by atoms with Crippen molar-refractivity contribution in [3.8, 4) is 5.75 Å². The predicted octanol–water partition coefficient (Wildman–Crippen LogP) is 3.25. The quantitative estimate of drug-likeness (QED) is 0.375. The Morgan fingerprint density at radius 1 is 0.724 bits per heavy atom. The molecule has 2 fully saturated rings. The van der Waals surface area contributed by atoms with E-state index < -0.39 is 0 Å². The van der Waals surface area contributed by atoms with E-state index in [0.717, 1.165) is 35.9 Å². The van der Waals surface area contributed by atoms with Crippen molar-refractivity contribution >= 4 is 25.2 Å². The topological polar surface area (TPSA) is 46.2 Å². The molecule has 0 atom stereocenters. The first-order chi connectivity index (χ1) is 14.3. The minimum Gasteiger partial charge on any atom is -0.494 e. The zero-order valence-corrected chi connectivity index (χ0v) is 18.3. The van der Waals surface area contributed by atoms with Gasteiger partial charge in [-0.25, -0.2) is 0 Å². The maximum Gasteiger partial charge on any atom is 0.497 e. The van der Waals surface area contributed by atoms with E-state index >= 15 is 0 Å². The maximum absolute atomic E-state index is 6.22. The Morgan fingerprint density at radius 3 is 1.93 bits per heavy atom. The molecule has 0 aromatic heterocycles. The minimum atomic E-state index is -0.338. The minimum absolute atomic E-state index is 0.293. The highest BCUT2D eigenvalue weighted by molar-refractivity contribution is 6.65. The number of aryl methyl sites for hydroxylation is 1. The normalized spacial score (nSPS) is 16.8. The first-order valence-electron chi connectivity index (χ1n) is 11.6. The summed E-state index contributed by atoms with van der Waals surface area (Å²) < 4.78 is 29.6. The zero-order chi connectivity index (χ0) is 20.3. The molecule has 2 saturated heterocycles. The Labute approximate surface area is 177 Å². The zero-order valence-electron chi connectivity index (χ0n) is 18.3. The molecule has 2 aliphatic rings. The fourth-order valence-corrected chi connectivity index (χ4v) is 3.93. The van der Waals surface area contributed by atoms with Crippen LogP contribution < -0.4 is 15.7 Å². The highest BCUT2D eigenvalue weighted by atomic mass is 16.6. The summed E-state index contributed by atoms with van der Waals surface area (Å²) >= 11 is 0. The van der Waals surface area contributed by atoms with Gasteiger partial charge in [0.15, 0.2) is 0 Å². The fourth-order valence-electron chi connectivity index (χ4n) is 3.93. The monoisotopic (exact) mass is 402 g/mol. The summed E-state index contributed by atoms with van der Waals surface area (Å²) in [4.78, 5) is 0. The molecule has 0 aliphatic carbocycles. The van der Waals surface area contributed by atoms with E-state index in [1.807, 2.05) is 0 Å². The molecule has 0 unspecified atom stereocenters. The maximum atomic E-state index is 6.22. The third-order valence-corrected chi connectivity index (χ3v) is 5.58. The van der Waals surface area contributed by atoms with Gasteiger partial charge in [-0.1, -0.05) is 58.4 Å². The Morgan fingerprint density at radius 2 is 1.31 bits per heavy atom.